The van der Waals surface area contributed by atoms with Crippen LogP contribution in [-0.2, 0) is 0 Å². The summed E-state index contributed by atoms with van der Waals surface area (Å²) in [7, 11) is 0. The number of halogens is 1. The Labute approximate surface area is 111 Å². The molecule has 2 unspecified atom stereocenters. The number of hydrogen-bond acceptors (Lipinski definition) is 2. The van der Waals surface area contributed by atoms with Crippen LogP contribution in [-0.4, -0.2) is 23.4 Å². The predicted molar refractivity (Wildman–Crippen MR) is 70.9 cm³/mol. The molecule has 2 nitrogen and oxygen atoms in total. The molecule has 0 spiro atoms. The lowest BCUT2D eigenvalue weighted by atomic mass is 10.1. The summed E-state index contributed by atoms with van der Waals surface area (Å²) < 4.78 is 0. The van der Waals surface area contributed by atoms with Crippen LogP contribution >= 0.6 is 24.2 Å². The van der Waals surface area contributed by atoms with Gasteiger partial charge in [0.25, 0.3) is 5.91 Å². The Kier molecular flexibility index (Phi) is 2.83. The van der Waals surface area contributed by atoms with Gasteiger partial charge in [0.05, 0.1) is 10.6 Å². The second-order valence-corrected chi connectivity index (χ2v) is 5.88. The zero-order chi connectivity index (χ0) is 12.0. The van der Waals surface area contributed by atoms with Crippen LogP contribution < -0.4 is 0 Å². The average Bonchev–Trinajstić information content (AvgIpc) is 2.93. The monoisotopic (exact) mass is 267 g/mol. The number of rotatable bonds is 1. The average molecular weight is 268 g/mol. The number of piperidine rings is 1. The van der Waals surface area contributed by atoms with Crippen LogP contribution in [0.5, 0.6) is 0 Å². The van der Waals surface area contributed by atoms with E-state index < -0.39 is 0 Å². The molecule has 17 heavy (non-hydrogen) atoms. The van der Waals surface area contributed by atoms with E-state index in [-0.39, 0.29) is 5.91 Å². The number of fused-ring (bicyclic) bond motifs is 2. The van der Waals surface area contributed by atoms with Crippen molar-refractivity contribution in [3.8, 4) is 0 Å². The summed E-state index contributed by atoms with van der Waals surface area (Å²) in [4.78, 5) is 15.2. The number of carbonyl (C=O) groups is 1. The third-order valence-corrected chi connectivity index (χ3v) is 4.46. The molecule has 4 heteroatoms. The maximum Gasteiger partial charge on any atom is 0.255 e. The fraction of sp³-hybridized carbons (Fsp3) is 0.462. The number of hydrogen-bond donors (Lipinski definition) is 1. The van der Waals surface area contributed by atoms with Crippen LogP contribution in [0, 0.1) is 5.92 Å². The minimum absolute atomic E-state index is 0.0677. The Hall–Kier alpha value is -0.670. The van der Waals surface area contributed by atoms with Gasteiger partial charge in [-0.2, -0.15) is 0 Å². The molecule has 2 bridgehead atoms. The van der Waals surface area contributed by atoms with Crippen LogP contribution in [0.1, 0.15) is 29.6 Å². The van der Waals surface area contributed by atoms with Gasteiger partial charge in [-0.05, 0) is 43.4 Å². The number of nitrogens with zero attached hydrogens (tertiary/aromatic N) is 1. The minimum Gasteiger partial charge on any atom is -0.335 e. The first-order valence-electron chi connectivity index (χ1n) is 5.94. The molecule has 90 valence electrons. The molecule has 0 aromatic heterocycles. The standard InChI is InChI=1S/C13H14ClNOS/c14-12-4-3-10(17)6-11(12)13(16)15-7-8-1-2-9(15)5-8/h3-4,6,8-9,17H,1-2,5,7H2. The van der Waals surface area contributed by atoms with Crippen molar-refractivity contribution in [1.82, 2.24) is 4.90 Å². The molecule has 1 aromatic carbocycles. The van der Waals surface area contributed by atoms with Crippen molar-refractivity contribution in [2.24, 2.45) is 5.92 Å². The van der Waals surface area contributed by atoms with Crippen molar-refractivity contribution < 1.29 is 4.79 Å². The highest BCUT2D eigenvalue weighted by atomic mass is 35.5. The van der Waals surface area contributed by atoms with Gasteiger partial charge in [-0.15, -0.1) is 12.6 Å². The quantitative estimate of drug-likeness (QED) is 0.775. The number of thiol groups is 1. The van der Waals surface area contributed by atoms with E-state index in [4.69, 9.17) is 11.6 Å². The van der Waals surface area contributed by atoms with E-state index in [9.17, 15) is 4.79 Å². The highest BCUT2D eigenvalue weighted by Gasteiger charge is 2.40. The topological polar surface area (TPSA) is 20.3 Å². The van der Waals surface area contributed by atoms with E-state index in [1.54, 1.807) is 18.2 Å². The molecule has 1 amide bonds. The number of likely N-dealkylation sites (tertiary alicyclic amines) is 1. The lowest BCUT2D eigenvalue weighted by Crippen LogP contribution is -2.37. The Morgan fingerprint density at radius 3 is 2.88 bits per heavy atom. The predicted octanol–water partition coefficient (Wildman–Crippen LogP) is 3.25. The summed E-state index contributed by atoms with van der Waals surface area (Å²) in [5, 5.41) is 0.524. The highest BCUT2D eigenvalue weighted by Crippen LogP contribution is 2.38. The van der Waals surface area contributed by atoms with Crippen molar-refractivity contribution in [2.45, 2.75) is 30.2 Å². The summed E-state index contributed by atoms with van der Waals surface area (Å²) >= 11 is 10.4. The summed E-state index contributed by atoms with van der Waals surface area (Å²) in [5.41, 5.74) is 0.590. The fourth-order valence-electron chi connectivity index (χ4n) is 3.01. The van der Waals surface area contributed by atoms with Gasteiger partial charge in [0.1, 0.15) is 0 Å². The Morgan fingerprint density at radius 1 is 1.41 bits per heavy atom. The largest absolute Gasteiger partial charge is 0.335 e. The smallest absolute Gasteiger partial charge is 0.255 e. The van der Waals surface area contributed by atoms with Crippen molar-refractivity contribution in [3.63, 3.8) is 0 Å². The van der Waals surface area contributed by atoms with Crippen LogP contribution in [0.2, 0.25) is 5.02 Å². The van der Waals surface area contributed by atoms with E-state index in [1.807, 2.05) is 4.90 Å². The van der Waals surface area contributed by atoms with Gasteiger partial charge in [0, 0.05) is 17.5 Å². The molecule has 1 aliphatic heterocycles. The Bertz CT molecular complexity index is 476. The summed E-state index contributed by atoms with van der Waals surface area (Å²) in [5.74, 6) is 0.778. The Balaban J connectivity index is 1.89. The summed E-state index contributed by atoms with van der Waals surface area (Å²) in [6, 6.07) is 5.75. The molecule has 3 rings (SSSR count). The fourth-order valence-corrected chi connectivity index (χ4v) is 3.41. The molecule has 0 N–H and O–H groups in total. The van der Waals surface area contributed by atoms with E-state index >= 15 is 0 Å². The zero-order valence-electron chi connectivity index (χ0n) is 9.40. The zero-order valence-corrected chi connectivity index (χ0v) is 11.0. The first-order chi connectivity index (χ1) is 8.15. The van der Waals surface area contributed by atoms with Crippen LogP contribution in [0.3, 0.4) is 0 Å². The lowest BCUT2D eigenvalue weighted by Gasteiger charge is -2.27. The normalized spacial score (nSPS) is 26.6. The maximum atomic E-state index is 12.4. The maximum absolute atomic E-state index is 12.4. The van der Waals surface area contributed by atoms with Crippen LogP contribution in [0.25, 0.3) is 0 Å². The molecule has 1 saturated heterocycles. The van der Waals surface area contributed by atoms with Crippen molar-refractivity contribution in [1.29, 1.82) is 0 Å². The lowest BCUT2D eigenvalue weighted by molar-refractivity contribution is 0.0703. The third-order valence-electron chi connectivity index (χ3n) is 3.85. The van der Waals surface area contributed by atoms with Gasteiger partial charge >= 0.3 is 0 Å². The van der Waals surface area contributed by atoms with Gasteiger partial charge in [-0.1, -0.05) is 11.6 Å². The molecule has 2 fully saturated rings. The molecular formula is C13H14ClNOS. The second-order valence-electron chi connectivity index (χ2n) is 4.95. The van der Waals surface area contributed by atoms with Crippen molar-refractivity contribution in [3.05, 3.63) is 28.8 Å². The van der Waals surface area contributed by atoms with E-state index in [0.29, 0.717) is 22.5 Å². The molecule has 1 saturated carbocycles. The van der Waals surface area contributed by atoms with Crippen molar-refractivity contribution >= 4 is 30.1 Å². The van der Waals surface area contributed by atoms with E-state index in [0.717, 1.165) is 17.9 Å². The second kappa shape index (κ2) is 4.21. The molecule has 1 heterocycles. The van der Waals surface area contributed by atoms with Crippen LogP contribution in [0.15, 0.2) is 23.1 Å². The molecule has 1 aromatic rings. The van der Waals surface area contributed by atoms with Gasteiger partial charge in [0.15, 0.2) is 0 Å². The summed E-state index contributed by atoms with van der Waals surface area (Å²) in [6.45, 7) is 0.899. The third kappa shape index (κ3) is 1.95. The van der Waals surface area contributed by atoms with Gasteiger partial charge < -0.3 is 4.90 Å². The first kappa shape index (κ1) is 11.4. The van der Waals surface area contributed by atoms with Crippen LogP contribution in [0.4, 0.5) is 0 Å². The molecule has 0 radical (unpaired) electrons. The molecule has 2 aliphatic rings. The minimum atomic E-state index is 0.0677. The Morgan fingerprint density at radius 2 is 2.24 bits per heavy atom. The molecular weight excluding hydrogens is 254 g/mol. The van der Waals surface area contributed by atoms with Gasteiger partial charge in [-0.25, -0.2) is 0 Å². The number of carbonyl (C=O) groups excluding carboxylic acids is 1. The van der Waals surface area contributed by atoms with Crippen molar-refractivity contribution in [2.75, 3.05) is 6.54 Å². The van der Waals surface area contributed by atoms with E-state index in [1.165, 1.54) is 12.8 Å². The number of benzene rings is 1. The molecule has 2 atom stereocenters. The molecule has 1 aliphatic carbocycles. The SMILES string of the molecule is O=C(c1cc(S)ccc1Cl)N1CC2CCC1C2. The summed E-state index contributed by atoms with van der Waals surface area (Å²) in [6.07, 6.45) is 3.59. The van der Waals surface area contributed by atoms with E-state index in [2.05, 4.69) is 12.6 Å². The highest BCUT2D eigenvalue weighted by molar-refractivity contribution is 7.80. The number of amides is 1. The first-order valence-corrected chi connectivity index (χ1v) is 6.77. The van der Waals surface area contributed by atoms with Gasteiger partial charge in [0.2, 0.25) is 0 Å². The van der Waals surface area contributed by atoms with Gasteiger partial charge in [-0.3, -0.25) is 4.79 Å².